The fourth-order valence-corrected chi connectivity index (χ4v) is 5.59. The van der Waals surface area contributed by atoms with E-state index >= 15 is 0 Å². The number of imidazole rings is 1. The van der Waals surface area contributed by atoms with E-state index in [0.29, 0.717) is 37.7 Å². The van der Waals surface area contributed by atoms with Gasteiger partial charge in [-0.05, 0) is 30.0 Å². The van der Waals surface area contributed by atoms with Gasteiger partial charge in [0.05, 0.1) is 18.7 Å². The van der Waals surface area contributed by atoms with Gasteiger partial charge in [0, 0.05) is 68.5 Å². The van der Waals surface area contributed by atoms with Gasteiger partial charge in [-0.3, -0.25) is 9.69 Å². The summed E-state index contributed by atoms with van der Waals surface area (Å²) in [6.45, 7) is 19.2. The van der Waals surface area contributed by atoms with Crippen LogP contribution in [-0.4, -0.2) is 71.6 Å². The third-order valence-corrected chi connectivity index (χ3v) is 7.70. The Hall–Kier alpha value is -2.71. The van der Waals surface area contributed by atoms with Crippen molar-refractivity contribution in [3.63, 3.8) is 0 Å². The van der Waals surface area contributed by atoms with Crippen molar-refractivity contribution in [3.8, 4) is 0 Å². The summed E-state index contributed by atoms with van der Waals surface area (Å²) in [6.07, 6.45) is 4.33. The van der Waals surface area contributed by atoms with Crippen LogP contribution in [0, 0.1) is 10.8 Å². The molecule has 3 heterocycles. The number of nitrogens with one attached hydrogen (secondary N) is 1. The number of benzene rings is 1. The van der Waals surface area contributed by atoms with Crippen molar-refractivity contribution < 1.29 is 9.53 Å². The standard InChI is InChI=1S/C31H48N6O2/c1-7-9-10-26-34-27-24-17-22(11-12-25(24)33-29(32)28(27)35-26)37-15-13-36(14-16-37)19-31(5,6)21-39-20-30(3,4)18-23(38)8-2/h11-12,17H,7-10,13-16,18-21H2,1-6H3,(H2,32,33)(H,34,35). The number of nitrogens with two attached hydrogens (primary N) is 1. The predicted molar refractivity (Wildman–Crippen MR) is 161 cm³/mol. The number of hydrogen-bond donors (Lipinski definition) is 2. The molecule has 39 heavy (non-hydrogen) atoms. The van der Waals surface area contributed by atoms with Gasteiger partial charge < -0.3 is 20.4 Å². The molecule has 0 aliphatic carbocycles. The zero-order valence-corrected chi connectivity index (χ0v) is 24.9. The molecule has 1 saturated heterocycles. The second-order valence-electron chi connectivity index (χ2n) is 12.9. The van der Waals surface area contributed by atoms with Crippen LogP contribution in [0.15, 0.2) is 18.2 Å². The van der Waals surface area contributed by atoms with Gasteiger partial charge >= 0.3 is 0 Å². The van der Waals surface area contributed by atoms with Gasteiger partial charge in [-0.15, -0.1) is 0 Å². The lowest BCUT2D eigenvalue weighted by molar-refractivity contribution is -0.121. The normalized spacial score (nSPS) is 15.5. The molecule has 1 aromatic carbocycles. The quantitative estimate of drug-likeness (QED) is 0.293. The molecule has 0 unspecified atom stereocenters. The van der Waals surface area contributed by atoms with Crippen LogP contribution in [0.2, 0.25) is 0 Å². The molecule has 3 N–H and O–H groups in total. The Morgan fingerprint density at radius 2 is 1.77 bits per heavy atom. The Morgan fingerprint density at radius 1 is 1.05 bits per heavy atom. The molecule has 1 aliphatic rings. The van der Waals surface area contributed by atoms with E-state index in [1.165, 1.54) is 5.69 Å². The number of fused-ring (bicyclic) bond motifs is 3. The first-order chi connectivity index (χ1) is 18.5. The fourth-order valence-electron chi connectivity index (χ4n) is 5.59. The Labute approximate surface area is 233 Å². The van der Waals surface area contributed by atoms with E-state index in [4.69, 9.17) is 15.5 Å². The monoisotopic (exact) mass is 536 g/mol. The van der Waals surface area contributed by atoms with Gasteiger partial charge in [0.25, 0.3) is 0 Å². The molecule has 0 radical (unpaired) electrons. The molecule has 2 aromatic heterocycles. The minimum atomic E-state index is -0.117. The second-order valence-corrected chi connectivity index (χ2v) is 12.9. The summed E-state index contributed by atoms with van der Waals surface area (Å²) in [6, 6.07) is 6.46. The molecule has 0 amide bonds. The van der Waals surface area contributed by atoms with Crippen LogP contribution in [0.3, 0.4) is 0 Å². The molecule has 0 spiro atoms. The van der Waals surface area contributed by atoms with Crippen molar-refractivity contribution in [2.75, 3.05) is 56.6 Å². The van der Waals surface area contributed by atoms with Crippen LogP contribution in [0.25, 0.3) is 21.9 Å². The van der Waals surface area contributed by atoms with Crippen molar-refractivity contribution in [1.29, 1.82) is 0 Å². The number of nitrogens with zero attached hydrogens (tertiary/aromatic N) is 4. The first-order valence-corrected chi connectivity index (χ1v) is 14.6. The second kappa shape index (κ2) is 12.2. The van der Waals surface area contributed by atoms with Gasteiger partial charge in [0.2, 0.25) is 0 Å². The topological polar surface area (TPSA) is 100 Å². The molecule has 1 aliphatic heterocycles. The number of aromatic amines is 1. The lowest BCUT2D eigenvalue weighted by atomic mass is 9.87. The minimum absolute atomic E-state index is 0.0443. The smallest absolute Gasteiger partial charge is 0.150 e. The first kappa shape index (κ1) is 29.3. The third-order valence-electron chi connectivity index (χ3n) is 7.70. The number of pyridine rings is 1. The largest absolute Gasteiger partial charge is 0.382 e. The maximum absolute atomic E-state index is 11.9. The zero-order chi connectivity index (χ0) is 28.2. The molecule has 4 rings (SSSR count). The van der Waals surface area contributed by atoms with Gasteiger partial charge in [-0.25, -0.2) is 9.97 Å². The van der Waals surface area contributed by atoms with E-state index in [9.17, 15) is 4.79 Å². The highest BCUT2D eigenvalue weighted by atomic mass is 16.5. The van der Waals surface area contributed by atoms with E-state index < -0.39 is 0 Å². The lowest BCUT2D eigenvalue weighted by Gasteiger charge is -2.40. The summed E-state index contributed by atoms with van der Waals surface area (Å²) in [4.78, 5) is 29.8. The Morgan fingerprint density at radius 3 is 2.46 bits per heavy atom. The van der Waals surface area contributed by atoms with Crippen molar-refractivity contribution in [3.05, 3.63) is 24.0 Å². The number of ketones is 1. The molecule has 8 nitrogen and oxygen atoms in total. The third kappa shape index (κ3) is 7.48. The van der Waals surface area contributed by atoms with E-state index in [1.54, 1.807) is 0 Å². The summed E-state index contributed by atoms with van der Waals surface area (Å²) >= 11 is 0. The van der Waals surface area contributed by atoms with Crippen molar-refractivity contribution in [1.82, 2.24) is 19.9 Å². The average Bonchev–Trinajstić information content (AvgIpc) is 3.32. The number of piperazine rings is 1. The Kier molecular flexibility index (Phi) is 9.17. The summed E-state index contributed by atoms with van der Waals surface area (Å²) < 4.78 is 6.14. The highest BCUT2D eigenvalue weighted by Gasteiger charge is 2.28. The Balaban J connectivity index is 1.35. The van der Waals surface area contributed by atoms with Crippen LogP contribution in [-0.2, 0) is 16.0 Å². The van der Waals surface area contributed by atoms with Gasteiger partial charge in [0.15, 0.2) is 0 Å². The summed E-state index contributed by atoms with van der Waals surface area (Å²) in [5, 5.41) is 1.06. The number of carbonyl (C=O) groups excluding carboxylic acids is 1. The van der Waals surface area contributed by atoms with Crippen LogP contribution in [0.5, 0.6) is 0 Å². The zero-order valence-electron chi connectivity index (χ0n) is 24.9. The molecule has 1 fully saturated rings. The predicted octanol–water partition coefficient (Wildman–Crippen LogP) is 5.60. The number of carbonyl (C=O) groups is 1. The van der Waals surface area contributed by atoms with E-state index in [1.807, 2.05) is 6.92 Å². The van der Waals surface area contributed by atoms with Gasteiger partial charge in [-0.1, -0.05) is 48.0 Å². The molecule has 8 heteroatoms. The molecular formula is C31H48N6O2. The summed E-state index contributed by atoms with van der Waals surface area (Å²) in [7, 11) is 0. The van der Waals surface area contributed by atoms with E-state index in [-0.39, 0.29) is 10.8 Å². The average molecular weight is 537 g/mol. The Bertz CT molecular complexity index is 1270. The van der Waals surface area contributed by atoms with Crippen LogP contribution in [0.4, 0.5) is 11.5 Å². The van der Waals surface area contributed by atoms with Crippen molar-refractivity contribution >= 4 is 39.2 Å². The highest BCUT2D eigenvalue weighted by molar-refractivity contribution is 6.07. The maximum atomic E-state index is 11.9. The van der Waals surface area contributed by atoms with E-state index in [2.05, 4.69) is 72.6 Å². The summed E-state index contributed by atoms with van der Waals surface area (Å²) in [5.74, 6) is 1.80. The number of anilines is 2. The number of hydrogen-bond acceptors (Lipinski definition) is 7. The molecule has 0 bridgehead atoms. The molecule has 3 aromatic rings. The SMILES string of the molecule is CCCCc1nc2c([nH]1)c(N)nc1ccc(N3CCN(CC(C)(C)COCC(C)(C)CC(=O)CC)CC3)cc12. The van der Waals surface area contributed by atoms with Crippen molar-refractivity contribution in [2.24, 2.45) is 10.8 Å². The summed E-state index contributed by atoms with van der Waals surface area (Å²) in [5.41, 5.74) is 10.1. The lowest BCUT2D eigenvalue weighted by Crippen LogP contribution is -2.49. The minimum Gasteiger partial charge on any atom is -0.382 e. The fraction of sp³-hybridized carbons (Fsp3) is 0.645. The van der Waals surface area contributed by atoms with Gasteiger partial charge in [-0.2, -0.15) is 0 Å². The number of unbranched alkanes of at least 4 members (excludes halogenated alkanes) is 1. The molecule has 0 atom stereocenters. The van der Waals surface area contributed by atoms with Crippen LogP contribution >= 0.6 is 0 Å². The number of aromatic nitrogens is 3. The molecular weight excluding hydrogens is 488 g/mol. The number of H-pyrrole nitrogens is 1. The van der Waals surface area contributed by atoms with Crippen molar-refractivity contribution in [2.45, 2.75) is 73.6 Å². The van der Waals surface area contributed by atoms with E-state index in [0.717, 1.165) is 79.7 Å². The number of aryl methyl sites for hydroxylation is 1. The number of nitrogen functional groups attached to an aromatic ring is 1. The number of ether oxygens (including phenoxy) is 1. The van der Waals surface area contributed by atoms with Crippen LogP contribution in [0.1, 0.15) is 73.1 Å². The maximum Gasteiger partial charge on any atom is 0.150 e. The van der Waals surface area contributed by atoms with Crippen LogP contribution < -0.4 is 10.6 Å². The number of rotatable bonds is 13. The first-order valence-electron chi connectivity index (χ1n) is 14.6. The number of Topliss-reactive ketones (excluding diaryl/α,β-unsaturated/α-hetero) is 1. The highest BCUT2D eigenvalue weighted by Crippen LogP contribution is 2.31. The molecule has 0 saturated carbocycles. The molecule has 214 valence electrons. The van der Waals surface area contributed by atoms with Gasteiger partial charge in [0.1, 0.15) is 28.5 Å².